The number of piperidine rings is 1. The van der Waals surface area contributed by atoms with Crippen molar-refractivity contribution in [3.05, 3.63) is 77.5 Å². The maximum absolute atomic E-state index is 13.7. The fourth-order valence-electron chi connectivity index (χ4n) is 4.41. The van der Waals surface area contributed by atoms with Gasteiger partial charge >= 0.3 is 0 Å². The van der Waals surface area contributed by atoms with E-state index in [2.05, 4.69) is 10.6 Å². The van der Waals surface area contributed by atoms with Gasteiger partial charge in [-0.15, -0.1) is 0 Å². The van der Waals surface area contributed by atoms with Crippen molar-refractivity contribution in [2.45, 2.75) is 18.9 Å². The summed E-state index contributed by atoms with van der Waals surface area (Å²) in [6, 6.07) is 13.9. The lowest BCUT2D eigenvalue weighted by atomic mass is 10.0. The van der Waals surface area contributed by atoms with E-state index >= 15 is 0 Å². The Morgan fingerprint density at radius 2 is 1.97 bits per heavy atom. The number of benzene rings is 2. The Morgan fingerprint density at radius 3 is 2.76 bits per heavy atom. The number of furan rings is 1. The molecule has 0 saturated carbocycles. The van der Waals surface area contributed by atoms with E-state index < -0.39 is 5.82 Å². The molecule has 2 N–H and O–H groups in total. The first kappa shape index (κ1) is 21.2. The third-order valence-electron chi connectivity index (χ3n) is 6.30. The van der Waals surface area contributed by atoms with E-state index in [0.717, 1.165) is 37.1 Å². The van der Waals surface area contributed by atoms with Gasteiger partial charge in [-0.25, -0.2) is 4.39 Å². The highest BCUT2D eigenvalue weighted by Gasteiger charge is 2.25. The number of fused-ring (bicyclic) bond motifs is 1. The van der Waals surface area contributed by atoms with Crippen LogP contribution in [-0.4, -0.2) is 42.9 Å². The molecule has 0 spiro atoms. The van der Waals surface area contributed by atoms with Gasteiger partial charge in [-0.3, -0.25) is 9.59 Å². The van der Waals surface area contributed by atoms with Crippen LogP contribution in [0.25, 0.3) is 22.8 Å². The number of hydrogen-bond acceptors (Lipinski definition) is 4. The first-order valence-corrected chi connectivity index (χ1v) is 11.0. The molecule has 3 heterocycles. The van der Waals surface area contributed by atoms with Gasteiger partial charge in [0.25, 0.3) is 11.8 Å². The molecule has 1 aromatic heterocycles. The van der Waals surface area contributed by atoms with Crippen LogP contribution in [0.5, 0.6) is 0 Å². The Hall–Kier alpha value is -3.71. The molecule has 0 radical (unpaired) electrons. The van der Waals surface area contributed by atoms with Crippen molar-refractivity contribution in [1.29, 1.82) is 0 Å². The quantitative estimate of drug-likeness (QED) is 0.584. The monoisotopic (exact) mass is 445 g/mol. The van der Waals surface area contributed by atoms with Gasteiger partial charge in [-0.05, 0) is 67.9 Å². The molecule has 3 aromatic rings. The maximum Gasteiger partial charge on any atom is 0.256 e. The Morgan fingerprint density at radius 1 is 1.15 bits per heavy atom. The number of rotatable bonds is 4. The fraction of sp³-hybridized carbons (Fsp3) is 0.231. The van der Waals surface area contributed by atoms with Crippen molar-refractivity contribution in [2.24, 2.45) is 0 Å². The molecule has 0 unspecified atom stereocenters. The van der Waals surface area contributed by atoms with Gasteiger partial charge in [-0.2, -0.15) is 0 Å². The van der Waals surface area contributed by atoms with Crippen LogP contribution in [0.3, 0.4) is 0 Å². The third kappa shape index (κ3) is 4.19. The van der Waals surface area contributed by atoms with Gasteiger partial charge in [0.15, 0.2) is 0 Å². The minimum Gasteiger partial charge on any atom is -0.464 e. The van der Waals surface area contributed by atoms with Crippen molar-refractivity contribution >= 4 is 29.2 Å². The number of amides is 2. The van der Waals surface area contributed by atoms with Crippen LogP contribution in [0.1, 0.15) is 34.5 Å². The van der Waals surface area contributed by atoms with Crippen LogP contribution in [0.15, 0.2) is 59.2 Å². The Balaban J connectivity index is 1.37. The van der Waals surface area contributed by atoms with Gasteiger partial charge in [0.1, 0.15) is 11.6 Å². The van der Waals surface area contributed by atoms with Crippen LogP contribution in [0, 0.1) is 5.82 Å². The zero-order valence-electron chi connectivity index (χ0n) is 18.2. The molecule has 0 bridgehead atoms. The summed E-state index contributed by atoms with van der Waals surface area (Å²) in [6.45, 7) is 1.48. The molecule has 2 amide bonds. The first-order valence-electron chi connectivity index (χ1n) is 11.0. The van der Waals surface area contributed by atoms with Gasteiger partial charge in [-0.1, -0.05) is 12.1 Å². The summed E-state index contributed by atoms with van der Waals surface area (Å²) >= 11 is 0. The lowest BCUT2D eigenvalue weighted by molar-refractivity contribution is -0.110. The van der Waals surface area contributed by atoms with E-state index in [1.165, 1.54) is 12.1 Å². The van der Waals surface area contributed by atoms with E-state index in [0.29, 0.717) is 34.2 Å². The van der Waals surface area contributed by atoms with E-state index in [1.54, 1.807) is 24.5 Å². The first-order chi connectivity index (χ1) is 16.0. The van der Waals surface area contributed by atoms with Crippen molar-refractivity contribution in [1.82, 2.24) is 10.2 Å². The number of carbonyl (C=O) groups excluding carboxylic acids is 2. The highest BCUT2D eigenvalue weighted by molar-refractivity contribution is 6.34. The average Bonchev–Trinajstić information content (AvgIpc) is 3.43. The molecular formula is C26H24FN3O3. The molecule has 7 heteroatoms. The summed E-state index contributed by atoms with van der Waals surface area (Å²) in [6.07, 6.45) is 5.09. The smallest absolute Gasteiger partial charge is 0.256 e. The Labute approximate surface area is 191 Å². The predicted octanol–water partition coefficient (Wildman–Crippen LogP) is 4.40. The van der Waals surface area contributed by atoms with Crippen molar-refractivity contribution < 1.29 is 18.4 Å². The molecular weight excluding hydrogens is 421 g/mol. The van der Waals surface area contributed by atoms with E-state index in [1.807, 2.05) is 36.2 Å². The summed E-state index contributed by atoms with van der Waals surface area (Å²) < 4.78 is 19.3. The third-order valence-corrected chi connectivity index (χ3v) is 6.30. The second-order valence-corrected chi connectivity index (χ2v) is 8.38. The topological polar surface area (TPSA) is 74.6 Å². The van der Waals surface area contributed by atoms with Crippen LogP contribution in [0.2, 0.25) is 0 Å². The fourth-order valence-corrected chi connectivity index (χ4v) is 4.41. The number of halogens is 1. The second-order valence-electron chi connectivity index (χ2n) is 8.38. The standard InChI is InChI=1S/C26H24FN3O3/c1-28-20-7-9-30(10-8-20)26(32)17-4-2-3-16(11-17)18-12-21(33-15-18)14-23-22-13-19(27)5-6-24(22)29-25(23)31/h2-6,11-15,20,28H,7-10H2,1H3,(H,29,31)/b23-14+. The van der Waals surface area contributed by atoms with Crippen LogP contribution in [-0.2, 0) is 4.79 Å². The molecule has 5 rings (SSSR count). The number of hydrogen-bond donors (Lipinski definition) is 2. The predicted molar refractivity (Wildman–Crippen MR) is 125 cm³/mol. The minimum atomic E-state index is -0.409. The van der Waals surface area contributed by atoms with Crippen molar-refractivity contribution in [2.75, 3.05) is 25.5 Å². The van der Waals surface area contributed by atoms with E-state index in [9.17, 15) is 14.0 Å². The molecule has 2 aromatic carbocycles. The summed E-state index contributed by atoms with van der Waals surface area (Å²) in [5.74, 6) is -0.215. The lowest BCUT2D eigenvalue weighted by Gasteiger charge is -2.31. The zero-order chi connectivity index (χ0) is 22.9. The Kier molecular flexibility index (Phi) is 5.56. The number of likely N-dealkylation sites (tertiary alicyclic amines) is 1. The van der Waals surface area contributed by atoms with Crippen LogP contribution in [0.4, 0.5) is 10.1 Å². The second kappa shape index (κ2) is 8.67. The van der Waals surface area contributed by atoms with Gasteiger partial charge in [0.05, 0.1) is 11.8 Å². The average molecular weight is 445 g/mol. The maximum atomic E-state index is 13.7. The van der Waals surface area contributed by atoms with E-state index in [4.69, 9.17) is 4.42 Å². The summed E-state index contributed by atoms with van der Waals surface area (Å²) in [5, 5.41) is 6.01. The van der Waals surface area contributed by atoms with Gasteiger partial charge in [0, 0.05) is 41.5 Å². The summed E-state index contributed by atoms with van der Waals surface area (Å²) in [5.41, 5.74) is 3.71. The SMILES string of the molecule is CNC1CCN(C(=O)c2cccc(-c3coc(/C=C4/C(=O)Nc5ccc(F)cc54)c3)c2)CC1. The molecule has 6 nitrogen and oxygen atoms in total. The van der Waals surface area contributed by atoms with Crippen LogP contribution >= 0.6 is 0 Å². The normalized spacial score (nSPS) is 17.3. The molecule has 1 fully saturated rings. The number of nitrogens with zero attached hydrogens (tertiary/aromatic N) is 1. The number of nitrogens with one attached hydrogen (secondary N) is 2. The highest BCUT2D eigenvalue weighted by Crippen LogP contribution is 2.34. The van der Waals surface area contributed by atoms with Gasteiger partial charge in [0.2, 0.25) is 0 Å². The van der Waals surface area contributed by atoms with E-state index in [-0.39, 0.29) is 11.8 Å². The molecule has 33 heavy (non-hydrogen) atoms. The summed E-state index contributed by atoms with van der Waals surface area (Å²) in [4.78, 5) is 27.2. The zero-order valence-corrected chi connectivity index (χ0v) is 18.2. The summed E-state index contributed by atoms with van der Waals surface area (Å²) in [7, 11) is 1.96. The molecule has 168 valence electrons. The van der Waals surface area contributed by atoms with Gasteiger partial charge < -0.3 is 20.0 Å². The molecule has 2 aliphatic heterocycles. The van der Waals surface area contributed by atoms with Crippen molar-refractivity contribution in [3.8, 4) is 11.1 Å². The molecule has 2 aliphatic rings. The largest absolute Gasteiger partial charge is 0.464 e. The molecule has 0 aliphatic carbocycles. The number of carbonyl (C=O) groups is 2. The molecule has 1 saturated heterocycles. The highest BCUT2D eigenvalue weighted by atomic mass is 19.1. The number of anilines is 1. The van der Waals surface area contributed by atoms with Crippen LogP contribution < -0.4 is 10.6 Å². The lowest BCUT2D eigenvalue weighted by Crippen LogP contribution is -2.43. The minimum absolute atomic E-state index is 0.0264. The Bertz CT molecular complexity index is 1260. The van der Waals surface area contributed by atoms with Crippen molar-refractivity contribution in [3.63, 3.8) is 0 Å². The molecule has 0 atom stereocenters.